The summed E-state index contributed by atoms with van der Waals surface area (Å²) < 4.78 is 0. The van der Waals surface area contributed by atoms with Gasteiger partial charge in [-0.1, -0.05) is 24.6 Å². The highest BCUT2D eigenvalue weighted by Crippen LogP contribution is 2.29. The number of nitrogens with one attached hydrogen (secondary N) is 2. The fourth-order valence-electron chi connectivity index (χ4n) is 3.37. The second-order valence-electron chi connectivity index (χ2n) is 7.29. The zero-order chi connectivity index (χ0) is 21.0. The lowest BCUT2D eigenvalue weighted by molar-refractivity contribution is 0.0977. The van der Waals surface area contributed by atoms with Crippen molar-refractivity contribution in [3.63, 3.8) is 0 Å². The minimum Gasteiger partial charge on any atom is -0.368 e. The molecule has 2 N–H and O–H groups in total. The van der Waals surface area contributed by atoms with E-state index in [1.807, 2.05) is 44.2 Å². The number of piperazine rings is 1. The Kier molecular flexibility index (Phi) is 7.11. The van der Waals surface area contributed by atoms with Crippen LogP contribution in [0.3, 0.4) is 0 Å². The number of carbonyl (C=O) groups is 1. The molecule has 0 saturated carbocycles. The second-order valence-corrected chi connectivity index (χ2v) is 8.11. The number of rotatable bonds is 4. The quantitative estimate of drug-likeness (QED) is 0.711. The van der Waals surface area contributed by atoms with Gasteiger partial charge in [0.25, 0.3) is 5.91 Å². The van der Waals surface area contributed by atoms with Crippen LogP contribution < -0.4 is 15.5 Å². The molecule has 1 heterocycles. The number of anilines is 2. The fraction of sp³-hybridized carbons (Fsp3) is 0.364. The molecule has 0 bridgehead atoms. The van der Waals surface area contributed by atoms with Gasteiger partial charge in [0.1, 0.15) is 0 Å². The SMILES string of the molecule is CCN1CCN(c2ccc(NC(=S)NC(=O)c3ccc(C)c(C)c3)cc2Cl)CC1. The van der Waals surface area contributed by atoms with Gasteiger partial charge in [-0.2, -0.15) is 0 Å². The van der Waals surface area contributed by atoms with Crippen LogP contribution >= 0.6 is 23.8 Å². The molecule has 0 radical (unpaired) electrons. The van der Waals surface area contributed by atoms with Crippen LogP contribution in [0.25, 0.3) is 0 Å². The van der Waals surface area contributed by atoms with Gasteiger partial charge in [-0.3, -0.25) is 10.1 Å². The maximum Gasteiger partial charge on any atom is 0.257 e. The largest absolute Gasteiger partial charge is 0.368 e. The minimum absolute atomic E-state index is 0.234. The molecule has 29 heavy (non-hydrogen) atoms. The van der Waals surface area contributed by atoms with E-state index < -0.39 is 0 Å². The zero-order valence-corrected chi connectivity index (χ0v) is 18.7. The molecule has 3 rings (SSSR count). The highest BCUT2D eigenvalue weighted by Gasteiger charge is 2.18. The number of thiocarbonyl (C=S) groups is 1. The van der Waals surface area contributed by atoms with Crippen molar-refractivity contribution in [1.29, 1.82) is 0 Å². The Morgan fingerprint density at radius 3 is 2.41 bits per heavy atom. The third-order valence-electron chi connectivity index (χ3n) is 5.36. The highest BCUT2D eigenvalue weighted by molar-refractivity contribution is 7.80. The topological polar surface area (TPSA) is 47.6 Å². The number of hydrogen-bond donors (Lipinski definition) is 2. The lowest BCUT2D eigenvalue weighted by Crippen LogP contribution is -2.46. The number of aryl methyl sites for hydroxylation is 2. The molecule has 2 aromatic rings. The second kappa shape index (κ2) is 9.57. The Bertz CT molecular complexity index is 910. The molecule has 1 aliphatic rings. The Morgan fingerprint density at radius 1 is 1.07 bits per heavy atom. The summed E-state index contributed by atoms with van der Waals surface area (Å²) in [6.45, 7) is 11.3. The summed E-state index contributed by atoms with van der Waals surface area (Å²) >= 11 is 11.8. The van der Waals surface area contributed by atoms with E-state index in [-0.39, 0.29) is 11.0 Å². The van der Waals surface area contributed by atoms with E-state index in [1.165, 1.54) is 0 Å². The Morgan fingerprint density at radius 2 is 1.79 bits per heavy atom. The molecule has 154 valence electrons. The lowest BCUT2D eigenvalue weighted by atomic mass is 10.1. The van der Waals surface area contributed by atoms with Gasteiger partial charge in [0.15, 0.2) is 5.11 Å². The predicted octanol–water partition coefficient (Wildman–Crippen LogP) is 4.23. The molecule has 1 saturated heterocycles. The zero-order valence-electron chi connectivity index (χ0n) is 17.1. The van der Waals surface area contributed by atoms with Crippen LogP contribution in [-0.4, -0.2) is 48.6 Å². The van der Waals surface area contributed by atoms with Gasteiger partial charge >= 0.3 is 0 Å². The fourth-order valence-corrected chi connectivity index (χ4v) is 3.88. The van der Waals surface area contributed by atoms with Crippen molar-refractivity contribution in [2.45, 2.75) is 20.8 Å². The Balaban J connectivity index is 1.60. The third-order valence-corrected chi connectivity index (χ3v) is 5.87. The van der Waals surface area contributed by atoms with Gasteiger partial charge in [-0.05, 0) is 74.1 Å². The maximum atomic E-state index is 12.4. The van der Waals surface area contributed by atoms with Gasteiger partial charge in [-0.15, -0.1) is 0 Å². The van der Waals surface area contributed by atoms with Gasteiger partial charge in [0, 0.05) is 37.4 Å². The highest BCUT2D eigenvalue weighted by atomic mass is 35.5. The molecule has 0 aliphatic carbocycles. The Labute approximate surface area is 183 Å². The first-order valence-corrected chi connectivity index (χ1v) is 10.6. The van der Waals surface area contributed by atoms with E-state index in [0.29, 0.717) is 10.6 Å². The Hall–Kier alpha value is -2.15. The van der Waals surface area contributed by atoms with Crippen LogP contribution in [0, 0.1) is 13.8 Å². The number of benzene rings is 2. The molecule has 7 heteroatoms. The number of halogens is 1. The van der Waals surface area contributed by atoms with Gasteiger partial charge < -0.3 is 15.1 Å². The van der Waals surface area contributed by atoms with Crippen LogP contribution in [0.1, 0.15) is 28.4 Å². The van der Waals surface area contributed by atoms with E-state index in [1.54, 1.807) is 6.07 Å². The van der Waals surface area contributed by atoms with Crippen LogP contribution in [-0.2, 0) is 0 Å². The number of amides is 1. The van der Waals surface area contributed by atoms with Gasteiger partial charge in [0.05, 0.1) is 10.7 Å². The van der Waals surface area contributed by atoms with Crippen LogP contribution in [0.15, 0.2) is 36.4 Å². The summed E-state index contributed by atoms with van der Waals surface area (Å²) in [6, 6.07) is 11.4. The molecule has 1 aliphatic heterocycles. The van der Waals surface area contributed by atoms with E-state index in [4.69, 9.17) is 23.8 Å². The summed E-state index contributed by atoms with van der Waals surface area (Å²) in [5.74, 6) is -0.234. The van der Waals surface area contributed by atoms with Crippen molar-refractivity contribution in [3.8, 4) is 0 Å². The number of carbonyl (C=O) groups excluding carboxylic acids is 1. The first-order valence-electron chi connectivity index (χ1n) is 9.84. The van der Waals surface area contributed by atoms with Crippen molar-refractivity contribution >= 4 is 46.2 Å². The van der Waals surface area contributed by atoms with Crippen molar-refractivity contribution in [3.05, 3.63) is 58.1 Å². The summed E-state index contributed by atoms with van der Waals surface area (Å²) in [5.41, 5.74) is 4.57. The first-order chi connectivity index (χ1) is 13.9. The van der Waals surface area contributed by atoms with Crippen molar-refractivity contribution in [2.75, 3.05) is 42.9 Å². The molecule has 0 aromatic heterocycles. The number of hydrogen-bond acceptors (Lipinski definition) is 4. The summed E-state index contributed by atoms with van der Waals surface area (Å²) in [6.07, 6.45) is 0. The maximum absolute atomic E-state index is 12.4. The molecule has 0 unspecified atom stereocenters. The van der Waals surface area contributed by atoms with E-state index in [9.17, 15) is 4.79 Å². The number of nitrogens with zero attached hydrogens (tertiary/aromatic N) is 2. The molecule has 5 nitrogen and oxygen atoms in total. The average molecular weight is 431 g/mol. The van der Waals surface area contributed by atoms with E-state index >= 15 is 0 Å². The average Bonchev–Trinajstić information content (AvgIpc) is 2.70. The lowest BCUT2D eigenvalue weighted by Gasteiger charge is -2.36. The van der Waals surface area contributed by atoms with Crippen LogP contribution in [0.4, 0.5) is 11.4 Å². The molecular formula is C22H27ClN4OS. The van der Waals surface area contributed by atoms with E-state index in [0.717, 1.165) is 55.2 Å². The van der Waals surface area contributed by atoms with Crippen LogP contribution in [0.5, 0.6) is 0 Å². The first kappa shape index (κ1) is 21.6. The minimum atomic E-state index is -0.234. The molecule has 0 spiro atoms. The standard InChI is InChI=1S/C22H27ClN4OS/c1-4-26-9-11-27(12-10-26)20-8-7-18(14-19(20)23)24-22(29)25-21(28)17-6-5-15(2)16(3)13-17/h5-8,13-14H,4,9-12H2,1-3H3,(H2,24,25,28,29). The number of likely N-dealkylation sites (N-methyl/N-ethyl adjacent to an activating group) is 1. The molecule has 2 aromatic carbocycles. The van der Waals surface area contributed by atoms with Gasteiger partial charge in [0.2, 0.25) is 0 Å². The normalized spacial score (nSPS) is 14.6. The monoisotopic (exact) mass is 430 g/mol. The van der Waals surface area contributed by atoms with Crippen molar-refractivity contribution < 1.29 is 4.79 Å². The molecule has 0 atom stereocenters. The summed E-state index contributed by atoms with van der Waals surface area (Å²) in [4.78, 5) is 17.1. The van der Waals surface area contributed by atoms with Crippen molar-refractivity contribution in [1.82, 2.24) is 10.2 Å². The van der Waals surface area contributed by atoms with Crippen LogP contribution in [0.2, 0.25) is 5.02 Å². The van der Waals surface area contributed by atoms with E-state index in [2.05, 4.69) is 27.4 Å². The molecule has 1 fully saturated rings. The van der Waals surface area contributed by atoms with Gasteiger partial charge in [-0.25, -0.2) is 0 Å². The summed E-state index contributed by atoms with van der Waals surface area (Å²) in [7, 11) is 0. The summed E-state index contributed by atoms with van der Waals surface area (Å²) in [5, 5.41) is 6.68. The van der Waals surface area contributed by atoms with Crippen molar-refractivity contribution in [2.24, 2.45) is 0 Å². The predicted molar refractivity (Wildman–Crippen MR) is 125 cm³/mol. The molecule has 1 amide bonds. The smallest absolute Gasteiger partial charge is 0.257 e. The molecular weight excluding hydrogens is 404 g/mol. The third kappa shape index (κ3) is 5.47.